The zero-order valence-corrected chi connectivity index (χ0v) is 7.96. The van der Waals surface area contributed by atoms with E-state index in [0.29, 0.717) is 12.2 Å². The van der Waals surface area contributed by atoms with Gasteiger partial charge in [-0.05, 0) is 12.2 Å². The normalized spacial score (nSPS) is 12.0. The van der Waals surface area contributed by atoms with Gasteiger partial charge in [-0.2, -0.15) is 24.9 Å². The first kappa shape index (κ1) is 13.1. The molecule has 0 bridgehead atoms. The molecule has 0 radical (unpaired) electrons. The van der Waals surface area contributed by atoms with Gasteiger partial charge in [-0.15, -0.1) is 0 Å². The maximum absolute atomic E-state index is 11.5. The van der Waals surface area contributed by atoms with Crippen molar-refractivity contribution in [3.63, 3.8) is 0 Å². The quantitative estimate of drug-likeness (QED) is 0.659. The fourth-order valence-corrected chi connectivity index (χ4v) is 1.27. The number of ether oxygens (including phenoxy) is 1. The molecular weight excluding hydrogens is 205 g/mol. The summed E-state index contributed by atoms with van der Waals surface area (Å²) in [5, 5.41) is 8.37. The highest BCUT2D eigenvalue weighted by Gasteiger charge is 2.26. The maximum atomic E-state index is 11.5. The Labute approximate surface area is 79.5 Å². The average molecular weight is 218 g/mol. The van der Waals surface area contributed by atoms with Crippen molar-refractivity contribution in [1.29, 1.82) is 0 Å². The molecule has 0 heterocycles. The summed E-state index contributed by atoms with van der Waals surface area (Å²) in [7, 11) is 0. The van der Waals surface area contributed by atoms with Crippen molar-refractivity contribution in [3.05, 3.63) is 0 Å². The van der Waals surface area contributed by atoms with Crippen molar-refractivity contribution >= 4 is 11.8 Å². The van der Waals surface area contributed by atoms with Crippen molar-refractivity contribution in [1.82, 2.24) is 0 Å². The Bertz CT molecular complexity index is 119. The molecule has 0 spiro atoms. The molecule has 0 saturated heterocycles. The molecule has 0 unspecified atom stereocenters. The first-order chi connectivity index (χ1) is 6.06. The number of aliphatic hydroxyl groups excluding tert-OH is 1. The summed E-state index contributed by atoms with van der Waals surface area (Å²) in [6.07, 6.45) is -3.64. The highest BCUT2D eigenvalue weighted by atomic mass is 32.2. The SMILES string of the molecule is OCCSCCCOCC(F)(F)F. The summed E-state index contributed by atoms with van der Waals surface area (Å²) in [5.41, 5.74) is 0. The molecule has 13 heavy (non-hydrogen) atoms. The fraction of sp³-hybridized carbons (Fsp3) is 1.00. The molecule has 1 N–H and O–H groups in total. The van der Waals surface area contributed by atoms with Crippen molar-refractivity contribution < 1.29 is 23.0 Å². The number of hydrogen-bond donors (Lipinski definition) is 1. The van der Waals surface area contributed by atoms with Gasteiger partial charge in [-0.1, -0.05) is 0 Å². The van der Waals surface area contributed by atoms with E-state index < -0.39 is 12.8 Å². The predicted octanol–water partition coefficient (Wildman–Crippen LogP) is 1.68. The lowest BCUT2D eigenvalue weighted by atomic mass is 10.5. The number of halogens is 3. The summed E-state index contributed by atoms with van der Waals surface area (Å²) in [5.74, 6) is 1.34. The first-order valence-electron chi connectivity index (χ1n) is 3.89. The number of thioether (sulfide) groups is 1. The van der Waals surface area contributed by atoms with Crippen molar-refractivity contribution in [3.8, 4) is 0 Å². The van der Waals surface area contributed by atoms with Crippen LogP contribution in [0.25, 0.3) is 0 Å². The van der Waals surface area contributed by atoms with Gasteiger partial charge in [0.1, 0.15) is 6.61 Å². The Balaban J connectivity index is 3.00. The molecule has 0 aromatic heterocycles. The van der Waals surface area contributed by atoms with Gasteiger partial charge in [0, 0.05) is 12.4 Å². The molecule has 0 rings (SSSR count). The van der Waals surface area contributed by atoms with E-state index in [1.807, 2.05) is 0 Å². The van der Waals surface area contributed by atoms with Crippen molar-refractivity contribution in [2.24, 2.45) is 0 Å². The molecule has 0 atom stereocenters. The molecule has 0 aliphatic carbocycles. The van der Waals surface area contributed by atoms with Gasteiger partial charge in [-0.3, -0.25) is 0 Å². The van der Waals surface area contributed by atoms with E-state index in [4.69, 9.17) is 5.11 Å². The second-order valence-corrected chi connectivity index (χ2v) is 3.58. The van der Waals surface area contributed by atoms with Crippen LogP contribution in [0, 0.1) is 0 Å². The van der Waals surface area contributed by atoms with E-state index in [9.17, 15) is 13.2 Å². The minimum absolute atomic E-state index is 0.105. The number of rotatable bonds is 7. The van der Waals surface area contributed by atoms with E-state index in [-0.39, 0.29) is 13.2 Å². The largest absolute Gasteiger partial charge is 0.411 e. The van der Waals surface area contributed by atoms with E-state index >= 15 is 0 Å². The van der Waals surface area contributed by atoms with Crippen LogP contribution >= 0.6 is 11.8 Å². The first-order valence-corrected chi connectivity index (χ1v) is 5.05. The monoisotopic (exact) mass is 218 g/mol. The van der Waals surface area contributed by atoms with Crippen LogP contribution in [-0.2, 0) is 4.74 Å². The van der Waals surface area contributed by atoms with Gasteiger partial charge in [0.15, 0.2) is 0 Å². The molecule has 0 aromatic carbocycles. The van der Waals surface area contributed by atoms with Gasteiger partial charge >= 0.3 is 6.18 Å². The Morgan fingerprint density at radius 3 is 2.46 bits per heavy atom. The fourth-order valence-electron chi connectivity index (χ4n) is 0.618. The van der Waals surface area contributed by atoms with Crippen LogP contribution in [0.4, 0.5) is 13.2 Å². The number of aliphatic hydroxyl groups is 1. The van der Waals surface area contributed by atoms with E-state index in [0.717, 1.165) is 5.75 Å². The lowest BCUT2D eigenvalue weighted by Gasteiger charge is -2.06. The lowest BCUT2D eigenvalue weighted by molar-refractivity contribution is -0.173. The standard InChI is InChI=1S/C7H13F3O2S/c8-7(9,10)6-12-3-1-4-13-5-2-11/h11H,1-6H2. The third kappa shape index (κ3) is 12.1. The smallest absolute Gasteiger partial charge is 0.396 e. The third-order valence-electron chi connectivity index (χ3n) is 1.08. The minimum atomic E-state index is -4.22. The second-order valence-electron chi connectivity index (χ2n) is 2.36. The Kier molecular flexibility index (Phi) is 7.50. The summed E-state index contributed by atoms with van der Waals surface area (Å²) in [6.45, 7) is -0.941. The summed E-state index contributed by atoms with van der Waals surface area (Å²) < 4.78 is 38.9. The zero-order valence-electron chi connectivity index (χ0n) is 7.14. The maximum Gasteiger partial charge on any atom is 0.411 e. The van der Waals surface area contributed by atoms with E-state index in [2.05, 4.69) is 4.74 Å². The molecule has 2 nitrogen and oxygen atoms in total. The molecule has 0 aromatic rings. The van der Waals surface area contributed by atoms with Crippen LogP contribution in [0.15, 0.2) is 0 Å². The van der Waals surface area contributed by atoms with Crippen LogP contribution in [0.5, 0.6) is 0 Å². The van der Waals surface area contributed by atoms with Gasteiger partial charge in [-0.25, -0.2) is 0 Å². The average Bonchev–Trinajstić information content (AvgIpc) is 2.01. The molecule has 0 amide bonds. The highest BCUT2D eigenvalue weighted by molar-refractivity contribution is 7.99. The number of hydrogen-bond acceptors (Lipinski definition) is 3. The molecule has 0 fully saturated rings. The van der Waals surface area contributed by atoms with Crippen molar-refractivity contribution in [2.75, 3.05) is 31.3 Å². The Morgan fingerprint density at radius 2 is 1.92 bits per heavy atom. The third-order valence-corrected chi connectivity index (χ3v) is 2.13. The molecule has 0 aliphatic heterocycles. The Morgan fingerprint density at radius 1 is 1.23 bits per heavy atom. The van der Waals surface area contributed by atoms with Gasteiger partial charge < -0.3 is 9.84 Å². The Hall–Kier alpha value is 0.0600. The topological polar surface area (TPSA) is 29.5 Å². The van der Waals surface area contributed by atoms with E-state index in [1.165, 1.54) is 11.8 Å². The van der Waals surface area contributed by atoms with Crippen LogP contribution < -0.4 is 0 Å². The molecule has 80 valence electrons. The van der Waals surface area contributed by atoms with Crippen molar-refractivity contribution in [2.45, 2.75) is 12.6 Å². The van der Waals surface area contributed by atoms with Crippen LogP contribution in [-0.4, -0.2) is 42.6 Å². The second kappa shape index (κ2) is 7.46. The van der Waals surface area contributed by atoms with Crippen LogP contribution in [0.2, 0.25) is 0 Å². The van der Waals surface area contributed by atoms with Gasteiger partial charge in [0.2, 0.25) is 0 Å². The minimum Gasteiger partial charge on any atom is -0.396 e. The molecule has 0 aliphatic rings. The summed E-state index contributed by atoms with van der Waals surface area (Å²) in [4.78, 5) is 0. The molecule has 0 saturated carbocycles. The molecule has 6 heteroatoms. The van der Waals surface area contributed by atoms with Crippen LogP contribution in [0.1, 0.15) is 6.42 Å². The predicted molar refractivity (Wildman–Crippen MR) is 45.9 cm³/mol. The number of alkyl halides is 3. The van der Waals surface area contributed by atoms with E-state index in [1.54, 1.807) is 0 Å². The summed E-state index contributed by atoms with van der Waals surface area (Å²) >= 11 is 1.50. The van der Waals surface area contributed by atoms with Crippen LogP contribution in [0.3, 0.4) is 0 Å². The zero-order chi connectivity index (χ0) is 10.2. The lowest BCUT2D eigenvalue weighted by Crippen LogP contribution is -2.17. The van der Waals surface area contributed by atoms with Gasteiger partial charge in [0.05, 0.1) is 6.61 Å². The highest BCUT2D eigenvalue weighted by Crippen LogP contribution is 2.14. The summed E-state index contributed by atoms with van der Waals surface area (Å²) in [6, 6.07) is 0. The molecular formula is C7H13F3O2S. The van der Waals surface area contributed by atoms with Gasteiger partial charge in [0.25, 0.3) is 0 Å².